The molecule has 124 valence electrons. The summed E-state index contributed by atoms with van der Waals surface area (Å²) in [6, 6.07) is 11.1. The molecule has 1 aromatic heterocycles. The molecule has 0 aliphatic heterocycles. The number of nitrogens with two attached hydrogens (primary N) is 1. The number of hydrogen-bond donors (Lipinski definition) is 1. The van der Waals surface area contributed by atoms with Crippen LogP contribution in [0.5, 0.6) is 5.88 Å². The van der Waals surface area contributed by atoms with Gasteiger partial charge in [0.2, 0.25) is 11.8 Å². The Kier molecular flexibility index (Phi) is 10.6. The minimum atomic E-state index is -0.501. The quantitative estimate of drug-likeness (QED) is 0.886. The van der Waals surface area contributed by atoms with E-state index in [4.69, 9.17) is 10.5 Å². The van der Waals surface area contributed by atoms with Gasteiger partial charge in [0.05, 0.1) is 5.56 Å². The first-order valence-corrected chi connectivity index (χ1v) is 7.79. The Hall–Kier alpha value is -2.62. The number of rotatable bonds is 5. The van der Waals surface area contributed by atoms with Gasteiger partial charge in [-0.25, -0.2) is 4.98 Å². The summed E-state index contributed by atoms with van der Waals surface area (Å²) in [6.45, 7) is 12.1. The van der Waals surface area contributed by atoms with E-state index in [0.29, 0.717) is 18.1 Å². The summed E-state index contributed by atoms with van der Waals surface area (Å²) < 4.78 is 5.51. The molecule has 0 saturated carbocycles. The third-order valence-corrected chi connectivity index (χ3v) is 2.62. The highest BCUT2D eigenvalue weighted by molar-refractivity contribution is 5.92. The van der Waals surface area contributed by atoms with Crippen LogP contribution in [-0.4, -0.2) is 10.9 Å². The molecule has 1 aromatic carbocycles. The second kappa shape index (κ2) is 12.0. The predicted molar refractivity (Wildman–Crippen MR) is 96.3 cm³/mol. The zero-order chi connectivity index (χ0) is 17.7. The molecule has 0 spiro atoms. The van der Waals surface area contributed by atoms with E-state index in [1.165, 1.54) is 6.20 Å². The molecule has 0 atom stereocenters. The van der Waals surface area contributed by atoms with Crippen molar-refractivity contribution in [2.45, 2.75) is 34.3 Å². The number of ether oxygens (including phenoxy) is 1. The number of carbonyl (C=O) groups is 1. The highest BCUT2D eigenvalue weighted by atomic mass is 16.5. The number of carbonyl (C=O) groups excluding carboxylic acids is 1. The Labute approximate surface area is 139 Å². The van der Waals surface area contributed by atoms with Gasteiger partial charge in [-0.15, -0.1) is 0 Å². The molecule has 1 heterocycles. The molecule has 0 saturated heterocycles. The van der Waals surface area contributed by atoms with Crippen LogP contribution in [0, 0.1) is 0 Å². The molecule has 1 amide bonds. The molecule has 4 heteroatoms. The Morgan fingerprint density at radius 2 is 1.74 bits per heavy atom. The van der Waals surface area contributed by atoms with Crippen LogP contribution < -0.4 is 10.5 Å². The van der Waals surface area contributed by atoms with Gasteiger partial charge in [0, 0.05) is 12.3 Å². The summed E-state index contributed by atoms with van der Waals surface area (Å²) >= 11 is 0. The lowest BCUT2D eigenvalue weighted by Crippen LogP contribution is -2.11. The van der Waals surface area contributed by atoms with E-state index in [9.17, 15) is 4.79 Å². The van der Waals surface area contributed by atoms with Gasteiger partial charge in [0.15, 0.2) is 0 Å². The smallest absolute Gasteiger partial charge is 0.250 e. The lowest BCUT2D eigenvalue weighted by molar-refractivity contribution is 0.1000. The maximum atomic E-state index is 10.9. The number of benzene rings is 1. The van der Waals surface area contributed by atoms with E-state index in [-0.39, 0.29) is 0 Å². The minimum absolute atomic E-state index is 0.364. The largest absolute Gasteiger partial charge is 0.473 e. The van der Waals surface area contributed by atoms with Gasteiger partial charge in [0.25, 0.3) is 0 Å². The molecule has 2 N–H and O–H groups in total. The van der Waals surface area contributed by atoms with E-state index in [1.54, 1.807) is 18.2 Å². The third-order valence-electron chi connectivity index (χ3n) is 2.62. The minimum Gasteiger partial charge on any atom is -0.473 e. The highest BCUT2D eigenvalue weighted by Crippen LogP contribution is 2.11. The summed E-state index contributed by atoms with van der Waals surface area (Å²) in [5.74, 6) is -0.0446. The Morgan fingerprint density at radius 3 is 2.17 bits per heavy atom. The molecule has 0 unspecified atom stereocenters. The number of amides is 1. The van der Waals surface area contributed by atoms with Gasteiger partial charge < -0.3 is 10.5 Å². The van der Waals surface area contributed by atoms with Crippen LogP contribution in [0.25, 0.3) is 6.08 Å². The van der Waals surface area contributed by atoms with Gasteiger partial charge in [-0.3, -0.25) is 4.79 Å². The first-order chi connectivity index (χ1) is 11.2. The highest BCUT2D eigenvalue weighted by Gasteiger charge is 2.02. The molecule has 4 nitrogen and oxygen atoms in total. The molecule has 23 heavy (non-hydrogen) atoms. The van der Waals surface area contributed by atoms with Gasteiger partial charge in [-0.1, -0.05) is 64.6 Å². The zero-order valence-electron chi connectivity index (χ0n) is 14.4. The summed E-state index contributed by atoms with van der Waals surface area (Å²) in [4.78, 5) is 14.9. The van der Waals surface area contributed by atoms with Crippen LogP contribution in [0.3, 0.4) is 0 Å². The van der Waals surface area contributed by atoms with Crippen molar-refractivity contribution >= 4 is 12.0 Å². The van der Waals surface area contributed by atoms with Crippen molar-refractivity contribution in [2.75, 3.05) is 0 Å². The average molecular weight is 314 g/mol. The van der Waals surface area contributed by atoms with Crippen molar-refractivity contribution in [1.82, 2.24) is 4.98 Å². The predicted octanol–water partition coefficient (Wildman–Crippen LogP) is 4.45. The van der Waals surface area contributed by atoms with Crippen LogP contribution in [0.1, 0.15) is 49.2 Å². The first-order valence-electron chi connectivity index (χ1n) is 7.79. The monoisotopic (exact) mass is 314 g/mol. The normalized spacial score (nSPS) is 8.70. The molecular weight excluding hydrogens is 288 g/mol. The second-order valence-electron chi connectivity index (χ2n) is 3.98. The van der Waals surface area contributed by atoms with Crippen molar-refractivity contribution in [3.63, 3.8) is 0 Å². The second-order valence-corrected chi connectivity index (χ2v) is 3.98. The van der Waals surface area contributed by atoms with Crippen molar-refractivity contribution in [3.8, 4) is 5.88 Å². The molecule has 0 bridgehead atoms. The lowest BCUT2D eigenvalue weighted by atomic mass is 10.1. The summed E-state index contributed by atoms with van der Waals surface area (Å²) in [7, 11) is 0. The fourth-order valence-electron chi connectivity index (χ4n) is 1.52. The summed E-state index contributed by atoms with van der Waals surface area (Å²) in [6.07, 6.45) is 3.19. The topological polar surface area (TPSA) is 65.2 Å². The molecule has 2 aromatic rings. The fourth-order valence-corrected chi connectivity index (χ4v) is 1.52. The SMILES string of the molecule is C=Cc1ccc(COc2ccc(C(N)=O)cn2)cc1.CC.CC. The molecule has 0 aliphatic rings. The van der Waals surface area contributed by atoms with Gasteiger partial charge in [0.1, 0.15) is 6.61 Å². The van der Waals surface area contributed by atoms with Crippen molar-refractivity contribution in [1.29, 1.82) is 0 Å². The van der Waals surface area contributed by atoms with Crippen LogP contribution >= 0.6 is 0 Å². The number of aromatic nitrogens is 1. The Morgan fingerprint density at radius 1 is 1.13 bits per heavy atom. The fraction of sp³-hybridized carbons (Fsp3) is 0.263. The van der Waals surface area contributed by atoms with E-state index in [0.717, 1.165) is 11.1 Å². The summed E-state index contributed by atoms with van der Waals surface area (Å²) in [5, 5.41) is 0. The zero-order valence-corrected chi connectivity index (χ0v) is 14.4. The van der Waals surface area contributed by atoms with Crippen LogP contribution in [0.15, 0.2) is 49.2 Å². The average Bonchev–Trinajstić information content (AvgIpc) is 2.64. The van der Waals surface area contributed by atoms with Crippen LogP contribution in [-0.2, 0) is 6.61 Å². The number of hydrogen-bond acceptors (Lipinski definition) is 3. The van der Waals surface area contributed by atoms with Gasteiger partial charge in [-0.05, 0) is 17.2 Å². The summed E-state index contributed by atoms with van der Waals surface area (Å²) in [5.41, 5.74) is 7.59. The lowest BCUT2D eigenvalue weighted by Gasteiger charge is -2.06. The standard InChI is InChI=1S/C15H14N2O2.2C2H6/c1-2-11-3-5-12(6-4-11)10-19-14-8-7-13(9-17-14)15(16)18;2*1-2/h2-9H,1,10H2,(H2,16,18);2*1-2H3. The van der Waals surface area contributed by atoms with E-state index in [1.807, 2.05) is 52.0 Å². The van der Waals surface area contributed by atoms with Crippen molar-refractivity contribution in [2.24, 2.45) is 5.73 Å². The number of primary amides is 1. The third kappa shape index (κ3) is 7.27. The first kappa shape index (κ1) is 20.4. The van der Waals surface area contributed by atoms with E-state index < -0.39 is 5.91 Å². The van der Waals surface area contributed by atoms with Crippen molar-refractivity contribution in [3.05, 3.63) is 65.9 Å². The van der Waals surface area contributed by atoms with Gasteiger partial charge >= 0.3 is 0 Å². The Balaban J connectivity index is 0.00000112. The molecular formula is C19H26N2O2. The number of pyridine rings is 1. The Bertz CT molecular complexity index is 575. The number of nitrogens with zero attached hydrogens (tertiary/aromatic N) is 1. The molecule has 2 rings (SSSR count). The maximum Gasteiger partial charge on any atom is 0.250 e. The van der Waals surface area contributed by atoms with Gasteiger partial charge in [-0.2, -0.15) is 0 Å². The van der Waals surface area contributed by atoms with Crippen LogP contribution in [0.2, 0.25) is 0 Å². The maximum absolute atomic E-state index is 10.9. The van der Waals surface area contributed by atoms with E-state index in [2.05, 4.69) is 11.6 Å². The molecule has 0 fully saturated rings. The van der Waals surface area contributed by atoms with Crippen molar-refractivity contribution < 1.29 is 9.53 Å². The van der Waals surface area contributed by atoms with Crippen LogP contribution in [0.4, 0.5) is 0 Å². The molecule has 0 aliphatic carbocycles. The molecule has 0 radical (unpaired) electrons. The van der Waals surface area contributed by atoms with E-state index >= 15 is 0 Å².